The fraction of sp³-hybridized carbons (Fsp3) is 0.478. The Morgan fingerprint density at radius 2 is 1.62 bits per heavy atom. The van der Waals surface area contributed by atoms with E-state index in [1.54, 1.807) is 0 Å². The minimum absolute atomic E-state index is 0.0642. The Hall–Kier alpha value is -2.76. The van der Waals surface area contributed by atoms with Crippen molar-refractivity contribution >= 4 is 11.8 Å². The summed E-state index contributed by atoms with van der Waals surface area (Å²) in [6.07, 6.45) is 3.43. The van der Waals surface area contributed by atoms with Gasteiger partial charge < -0.3 is 9.80 Å². The Kier molecular flexibility index (Phi) is 5.60. The molecule has 2 aliphatic heterocycles. The van der Waals surface area contributed by atoms with Gasteiger partial charge in [-0.1, -0.05) is 18.2 Å². The van der Waals surface area contributed by atoms with Crippen LogP contribution in [0.2, 0.25) is 0 Å². The Bertz CT molecular complexity index is 883. The van der Waals surface area contributed by atoms with E-state index in [1.807, 2.05) is 54.0 Å². The molecule has 1 aromatic heterocycles. The van der Waals surface area contributed by atoms with Crippen molar-refractivity contribution < 1.29 is 9.59 Å². The maximum Gasteiger partial charge on any atom is 0.253 e. The lowest BCUT2D eigenvalue weighted by Crippen LogP contribution is -2.30. The fourth-order valence-electron chi connectivity index (χ4n) is 4.35. The molecule has 152 valence electrons. The van der Waals surface area contributed by atoms with E-state index in [-0.39, 0.29) is 17.7 Å². The van der Waals surface area contributed by atoms with Crippen molar-refractivity contribution in [3.05, 3.63) is 58.7 Å². The summed E-state index contributed by atoms with van der Waals surface area (Å²) in [5.41, 5.74) is 3.43. The quantitative estimate of drug-likeness (QED) is 0.802. The van der Waals surface area contributed by atoms with Gasteiger partial charge in [0, 0.05) is 54.6 Å². The molecule has 1 aromatic carbocycles. The van der Waals surface area contributed by atoms with Crippen LogP contribution in [0.3, 0.4) is 0 Å². The maximum atomic E-state index is 12.7. The lowest BCUT2D eigenvalue weighted by atomic mass is 10.0. The van der Waals surface area contributed by atoms with Crippen LogP contribution in [0.5, 0.6) is 0 Å². The Balaban J connectivity index is 1.45. The number of hydrogen-bond acceptors (Lipinski definition) is 4. The largest absolute Gasteiger partial charge is 0.342 e. The number of benzene rings is 1. The van der Waals surface area contributed by atoms with Crippen molar-refractivity contribution in [1.29, 1.82) is 0 Å². The summed E-state index contributed by atoms with van der Waals surface area (Å²) in [5, 5.41) is 0. The van der Waals surface area contributed by atoms with Crippen LogP contribution in [0.25, 0.3) is 0 Å². The molecule has 2 aliphatic rings. The number of aryl methyl sites for hydroxylation is 2. The first-order chi connectivity index (χ1) is 14.0. The number of aromatic nitrogens is 2. The molecule has 0 aliphatic carbocycles. The van der Waals surface area contributed by atoms with Crippen LogP contribution < -0.4 is 0 Å². The van der Waals surface area contributed by atoms with Crippen LogP contribution in [0.15, 0.2) is 30.3 Å². The molecular formula is C23H28N4O2. The molecule has 1 atom stereocenters. The summed E-state index contributed by atoms with van der Waals surface area (Å²) >= 11 is 0. The van der Waals surface area contributed by atoms with E-state index in [4.69, 9.17) is 9.97 Å². The molecule has 0 N–H and O–H groups in total. The van der Waals surface area contributed by atoms with E-state index in [0.717, 1.165) is 67.2 Å². The molecule has 0 radical (unpaired) electrons. The van der Waals surface area contributed by atoms with E-state index in [1.165, 1.54) is 0 Å². The van der Waals surface area contributed by atoms with Crippen LogP contribution in [0.1, 0.15) is 58.3 Å². The van der Waals surface area contributed by atoms with Crippen LogP contribution >= 0.6 is 0 Å². The van der Waals surface area contributed by atoms with Crippen molar-refractivity contribution in [2.45, 2.75) is 45.4 Å². The van der Waals surface area contributed by atoms with Gasteiger partial charge in [-0.05, 0) is 45.2 Å². The van der Waals surface area contributed by atoms with E-state index < -0.39 is 0 Å². The average molecular weight is 393 g/mol. The van der Waals surface area contributed by atoms with Gasteiger partial charge in [0.2, 0.25) is 5.91 Å². The topological polar surface area (TPSA) is 66.4 Å². The highest BCUT2D eigenvalue weighted by Crippen LogP contribution is 2.27. The Morgan fingerprint density at radius 1 is 0.966 bits per heavy atom. The summed E-state index contributed by atoms with van der Waals surface area (Å²) in [5.74, 6) is 1.17. The van der Waals surface area contributed by atoms with Gasteiger partial charge in [0.1, 0.15) is 5.82 Å². The first kappa shape index (κ1) is 19.6. The number of carbonyl (C=O) groups is 2. The normalized spacial score (nSPS) is 19.0. The van der Waals surface area contributed by atoms with Gasteiger partial charge in [0.25, 0.3) is 5.91 Å². The average Bonchev–Trinajstić information content (AvgIpc) is 3.43. The third-order valence-electron chi connectivity index (χ3n) is 6.09. The highest BCUT2D eigenvalue weighted by atomic mass is 16.2. The van der Waals surface area contributed by atoms with Gasteiger partial charge in [-0.2, -0.15) is 0 Å². The van der Waals surface area contributed by atoms with Gasteiger partial charge in [0.05, 0.1) is 6.42 Å². The second kappa shape index (κ2) is 8.31. The van der Waals surface area contributed by atoms with Crippen LogP contribution in [0.4, 0.5) is 0 Å². The van der Waals surface area contributed by atoms with Crippen molar-refractivity contribution in [1.82, 2.24) is 19.8 Å². The summed E-state index contributed by atoms with van der Waals surface area (Å²) in [7, 11) is 0. The number of hydrogen-bond donors (Lipinski definition) is 0. The molecule has 2 fully saturated rings. The Morgan fingerprint density at radius 3 is 2.28 bits per heavy atom. The first-order valence-corrected chi connectivity index (χ1v) is 10.5. The Labute approximate surface area is 172 Å². The highest BCUT2D eigenvalue weighted by molar-refractivity contribution is 5.94. The fourth-order valence-corrected chi connectivity index (χ4v) is 4.35. The summed E-state index contributed by atoms with van der Waals surface area (Å²) in [6.45, 7) is 7.01. The second-order valence-electron chi connectivity index (χ2n) is 8.10. The summed E-state index contributed by atoms with van der Waals surface area (Å²) in [4.78, 5) is 38.6. The van der Waals surface area contributed by atoms with Gasteiger partial charge in [-0.25, -0.2) is 9.97 Å². The molecule has 2 amide bonds. The molecule has 0 bridgehead atoms. The van der Waals surface area contributed by atoms with Crippen LogP contribution in [-0.4, -0.2) is 57.8 Å². The van der Waals surface area contributed by atoms with Crippen molar-refractivity contribution in [3.8, 4) is 0 Å². The number of amides is 2. The van der Waals surface area contributed by atoms with E-state index in [9.17, 15) is 9.59 Å². The molecule has 3 heterocycles. The van der Waals surface area contributed by atoms with Gasteiger partial charge >= 0.3 is 0 Å². The lowest BCUT2D eigenvalue weighted by molar-refractivity contribution is -0.129. The predicted octanol–water partition coefficient (Wildman–Crippen LogP) is 2.89. The third kappa shape index (κ3) is 4.16. The summed E-state index contributed by atoms with van der Waals surface area (Å²) < 4.78 is 0. The van der Waals surface area contributed by atoms with Gasteiger partial charge in [0.15, 0.2) is 0 Å². The SMILES string of the molecule is Cc1nc(C2CCN(C(=O)c3ccccc3)C2)nc(C)c1CC(=O)N1CCCC1. The number of rotatable bonds is 4. The smallest absolute Gasteiger partial charge is 0.253 e. The molecule has 0 spiro atoms. The monoisotopic (exact) mass is 392 g/mol. The molecule has 1 unspecified atom stereocenters. The van der Waals surface area contributed by atoms with Crippen LogP contribution in [0, 0.1) is 13.8 Å². The zero-order valence-electron chi connectivity index (χ0n) is 17.2. The molecule has 2 saturated heterocycles. The van der Waals surface area contributed by atoms with Gasteiger partial charge in [-0.3, -0.25) is 9.59 Å². The van der Waals surface area contributed by atoms with Gasteiger partial charge in [-0.15, -0.1) is 0 Å². The summed E-state index contributed by atoms with van der Waals surface area (Å²) in [6, 6.07) is 9.40. The number of carbonyl (C=O) groups excluding carboxylic acids is 2. The highest BCUT2D eigenvalue weighted by Gasteiger charge is 2.30. The van der Waals surface area contributed by atoms with Crippen molar-refractivity contribution in [3.63, 3.8) is 0 Å². The molecule has 4 rings (SSSR count). The zero-order chi connectivity index (χ0) is 20.4. The lowest BCUT2D eigenvalue weighted by Gasteiger charge is -2.19. The predicted molar refractivity (Wildman–Crippen MR) is 111 cm³/mol. The molecule has 2 aromatic rings. The minimum Gasteiger partial charge on any atom is -0.342 e. The number of nitrogens with zero attached hydrogens (tertiary/aromatic N) is 4. The maximum absolute atomic E-state index is 12.7. The molecule has 0 saturated carbocycles. The minimum atomic E-state index is 0.0642. The van der Waals surface area contributed by atoms with Crippen LogP contribution in [-0.2, 0) is 11.2 Å². The van der Waals surface area contributed by atoms with Crippen molar-refractivity contribution in [2.75, 3.05) is 26.2 Å². The number of likely N-dealkylation sites (tertiary alicyclic amines) is 2. The molecule has 6 heteroatoms. The molecule has 29 heavy (non-hydrogen) atoms. The van der Waals surface area contributed by atoms with E-state index in [2.05, 4.69) is 0 Å². The molecule has 6 nitrogen and oxygen atoms in total. The third-order valence-corrected chi connectivity index (χ3v) is 6.09. The second-order valence-corrected chi connectivity index (χ2v) is 8.10. The standard InChI is InChI=1S/C23H28N4O2/c1-16-20(14-21(28)26-11-6-7-12-26)17(2)25-22(24-16)19-10-13-27(15-19)23(29)18-8-4-3-5-9-18/h3-5,8-9,19H,6-7,10-15H2,1-2H3. The zero-order valence-corrected chi connectivity index (χ0v) is 17.2. The van der Waals surface area contributed by atoms with Crippen molar-refractivity contribution in [2.24, 2.45) is 0 Å². The van der Waals surface area contributed by atoms with E-state index >= 15 is 0 Å². The first-order valence-electron chi connectivity index (χ1n) is 10.5. The molecular weight excluding hydrogens is 364 g/mol. The van der Waals surface area contributed by atoms with E-state index in [0.29, 0.717) is 13.0 Å².